The molecule has 0 aromatic rings. The molecule has 1 saturated carbocycles. The van der Waals surface area contributed by atoms with Crippen LogP contribution in [0.2, 0.25) is 0 Å². The molecule has 0 aromatic heterocycles. The summed E-state index contributed by atoms with van der Waals surface area (Å²) >= 11 is 0. The Morgan fingerprint density at radius 1 is 1.42 bits per heavy atom. The van der Waals surface area contributed by atoms with Gasteiger partial charge in [-0.05, 0) is 32.2 Å². The van der Waals surface area contributed by atoms with Crippen molar-refractivity contribution in [2.45, 2.75) is 32.2 Å². The van der Waals surface area contributed by atoms with E-state index in [9.17, 15) is 9.59 Å². The molecule has 3 atom stereocenters. The third kappa shape index (κ3) is 5.57. The normalized spacial score (nSPS) is 24.1. The van der Waals surface area contributed by atoms with E-state index in [2.05, 4.69) is 10.6 Å². The second-order valence-electron chi connectivity index (χ2n) is 5.19. The predicted octanol–water partition coefficient (Wildman–Crippen LogP) is 0.228. The van der Waals surface area contributed by atoms with Gasteiger partial charge in [-0.15, -0.1) is 0 Å². The van der Waals surface area contributed by atoms with E-state index in [1.165, 1.54) is 0 Å². The number of carboxylic acid groups (broad SMARTS) is 1. The lowest BCUT2D eigenvalue weighted by molar-refractivity contribution is -0.142. The molecule has 1 fully saturated rings. The summed E-state index contributed by atoms with van der Waals surface area (Å²) in [4.78, 5) is 22.6. The Hall–Kier alpha value is -1.14. The Morgan fingerprint density at radius 3 is 2.79 bits per heavy atom. The third-order valence-electron chi connectivity index (χ3n) is 3.49. The monoisotopic (exact) mass is 272 g/mol. The summed E-state index contributed by atoms with van der Waals surface area (Å²) in [7, 11) is 1.59. The van der Waals surface area contributed by atoms with Gasteiger partial charge in [-0.2, -0.15) is 0 Å². The first-order valence-electron chi connectivity index (χ1n) is 6.76. The summed E-state index contributed by atoms with van der Waals surface area (Å²) in [6.45, 7) is 3.16. The molecule has 0 heterocycles. The van der Waals surface area contributed by atoms with Crippen LogP contribution in [0.25, 0.3) is 0 Å². The van der Waals surface area contributed by atoms with Crippen molar-refractivity contribution in [2.75, 3.05) is 26.8 Å². The Labute approximate surface area is 113 Å². The largest absolute Gasteiger partial charge is 0.481 e. The van der Waals surface area contributed by atoms with Crippen LogP contribution in [0.5, 0.6) is 0 Å². The SMILES string of the molecule is COCC(C)NC(=O)CNCC1CCCC1C(=O)O. The third-order valence-corrected chi connectivity index (χ3v) is 3.49. The van der Waals surface area contributed by atoms with Gasteiger partial charge >= 0.3 is 5.97 Å². The first kappa shape index (κ1) is 15.9. The highest BCUT2D eigenvalue weighted by Gasteiger charge is 2.32. The summed E-state index contributed by atoms with van der Waals surface area (Å²) in [6.07, 6.45) is 2.63. The molecule has 1 aliphatic carbocycles. The second kappa shape index (κ2) is 8.12. The van der Waals surface area contributed by atoms with Gasteiger partial charge in [-0.1, -0.05) is 6.42 Å². The molecule has 0 bridgehead atoms. The lowest BCUT2D eigenvalue weighted by Crippen LogP contribution is -2.42. The zero-order valence-electron chi connectivity index (χ0n) is 11.6. The topological polar surface area (TPSA) is 87.7 Å². The number of carbonyl (C=O) groups is 2. The molecule has 1 aliphatic rings. The van der Waals surface area contributed by atoms with E-state index in [1.807, 2.05) is 6.92 Å². The minimum atomic E-state index is -0.720. The maximum Gasteiger partial charge on any atom is 0.306 e. The van der Waals surface area contributed by atoms with Gasteiger partial charge < -0.3 is 20.5 Å². The first-order valence-corrected chi connectivity index (χ1v) is 6.76. The van der Waals surface area contributed by atoms with Crippen molar-refractivity contribution >= 4 is 11.9 Å². The zero-order valence-corrected chi connectivity index (χ0v) is 11.6. The van der Waals surface area contributed by atoms with Gasteiger partial charge in [-0.3, -0.25) is 9.59 Å². The number of hydrogen-bond acceptors (Lipinski definition) is 4. The fourth-order valence-electron chi connectivity index (χ4n) is 2.59. The summed E-state index contributed by atoms with van der Waals surface area (Å²) in [5.74, 6) is -0.929. The number of hydrogen-bond donors (Lipinski definition) is 3. The van der Waals surface area contributed by atoms with Crippen LogP contribution in [-0.4, -0.2) is 49.8 Å². The molecular weight excluding hydrogens is 248 g/mol. The van der Waals surface area contributed by atoms with Gasteiger partial charge in [-0.25, -0.2) is 0 Å². The Bertz CT molecular complexity index is 309. The van der Waals surface area contributed by atoms with E-state index in [-0.39, 0.29) is 30.3 Å². The standard InChI is InChI=1S/C13H24N2O4/c1-9(8-19-2)15-12(16)7-14-6-10-4-3-5-11(10)13(17)18/h9-11,14H,3-8H2,1-2H3,(H,15,16)(H,17,18). The van der Waals surface area contributed by atoms with E-state index < -0.39 is 5.97 Å². The van der Waals surface area contributed by atoms with Gasteiger partial charge in [0.1, 0.15) is 0 Å². The maximum atomic E-state index is 11.6. The van der Waals surface area contributed by atoms with Crippen molar-refractivity contribution in [3.05, 3.63) is 0 Å². The average molecular weight is 272 g/mol. The fourth-order valence-corrected chi connectivity index (χ4v) is 2.59. The lowest BCUT2D eigenvalue weighted by Gasteiger charge is -2.17. The predicted molar refractivity (Wildman–Crippen MR) is 70.8 cm³/mol. The number of carbonyl (C=O) groups excluding carboxylic acids is 1. The van der Waals surface area contributed by atoms with Gasteiger partial charge in [0.25, 0.3) is 0 Å². The van der Waals surface area contributed by atoms with Gasteiger partial charge in [0, 0.05) is 13.2 Å². The van der Waals surface area contributed by atoms with Crippen LogP contribution in [0.4, 0.5) is 0 Å². The van der Waals surface area contributed by atoms with Crippen molar-refractivity contribution < 1.29 is 19.4 Å². The van der Waals surface area contributed by atoms with Gasteiger partial charge in [0.2, 0.25) is 5.91 Å². The van der Waals surface area contributed by atoms with E-state index in [0.29, 0.717) is 13.2 Å². The van der Waals surface area contributed by atoms with Crippen molar-refractivity contribution in [3.8, 4) is 0 Å². The van der Waals surface area contributed by atoms with Crippen LogP contribution in [-0.2, 0) is 14.3 Å². The molecule has 0 saturated heterocycles. The highest BCUT2D eigenvalue weighted by Crippen LogP contribution is 2.31. The molecule has 0 aliphatic heterocycles. The van der Waals surface area contributed by atoms with E-state index >= 15 is 0 Å². The van der Waals surface area contributed by atoms with Gasteiger partial charge in [0.15, 0.2) is 0 Å². The van der Waals surface area contributed by atoms with E-state index in [4.69, 9.17) is 9.84 Å². The molecule has 0 radical (unpaired) electrons. The molecule has 1 amide bonds. The molecule has 6 nitrogen and oxygen atoms in total. The summed E-state index contributed by atoms with van der Waals surface area (Å²) in [5, 5.41) is 14.9. The van der Waals surface area contributed by atoms with E-state index in [0.717, 1.165) is 19.3 Å². The molecule has 19 heavy (non-hydrogen) atoms. The number of aliphatic carboxylic acids is 1. The van der Waals surface area contributed by atoms with Crippen LogP contribution in [0, 0.1) is 11.8 Å². The van der Waals surface area contributed by atoms with Crippen molar-refractivity contribution in [1.29, 1.82) is 0 Å². The summed E-state index contributed by atoms with van der Waals surface area (Å²) in [6, 6.07) is -0.0162. The molecular formula is C13H24N2O4. The van der Waals surface area contributed by atoms with Crippen LogP contribution in [0.1, 0.15) is 26.2 Å². The molecule has 0 aromatic carbocycles. The minimum Gasteiger partial charge on any atom is -0.481 e. The van der Waals surface area contributed by atoms with Crippen molar-refractivity contribution in [1.82, 2.24) is 10.6 Å². The Kier molecular flexibility index (Phi) is 6.80. The highest BCUT2D eigenvalue weighted by atomic mass is 16.5. The maximum absolute atomic E-state index is 11.6. The Balaban J connectivity index is 2.19. The number of carboxylic acids is 1. The van der Waals surface area contributed by atoms with E-state index in [1.54, 1.807) is 7.11 Å². The smallest absolute Gasteiger partial charge is 0.306 e. The van der Waals surface area contributed by atoms with Crippen LogP contribution in [0.15, 0.2) is 0 Å². The number of nitrogens with one attached hydrogen (secondary N) is 2. The van der Waals surface area contributed by atoms with Crippen LogP contribution >= 0.6 is 0 Å². The second-order valence-corrected chi connectivity index (χ2v) is 5.19. The zero-order chi connectivity index (χ0) is 14.3. The number of methoxy groups -OCH3 is 1. The number of rotatable bonds is 8. The minimum absolute atomic E-state index is 0.0162. The molecule has 110 valence electrons. The fraction of sp³-hybridized carbons (Fsp3) is 0.846. The Morgan fingerprint density at radius 2 is 2.16 bits per heavy atom. The van der Waals surface area contributed by atoms with Crippen LogP contribution in [0.3, 0.4) is 0 Å². The molecule has 0 spiro atoms. The summed E-state index contributed by atoms with van der Waals surface area (Å²) < 4.78 is 4.93. The first-order chi connectivity index (χ1) is 9.04. The molecule has 1 rings (SSSR count). The molecule has 3 N–H and O–H groups in total. The lowest BCUT2D eigenvalue weighted by atomic mass is 9.96. The molecule has 3 unspecified atom stereocenters. The number of amides is 1. The van der Waals surface area contributed by atoms with Gasteiger partial charge in [0.05, 0.1) is 19.1 Å². The quantitative estimate of drug-likeness (QED) is 0.588. The number of ether oxygens (including phenoxy) is 1. The van der Waals surface area contributed by atoms with Crippen LogP contribution < -0.4 is 10.6 Å². The van der Waals surface area contributed by atoms with Crippen molar-refractivity contribution in [2.24, 2.45) is 11.8 Å². The summed E-state index contributed by atoms with van der Waals surface area (Å²) in [5.41, 5.74) is 0. The van der Waals surface area contributed by atoms with Crippen molar-refractivity contribution in [3.63, 3.8) is 0 Å². The highest BCUT2D eigenvalue weighted by molar-refractivity contribution is 5.78. The molecule has 6 heteroatoms. The average Bonchev–Trinajstić information content (AvgIpc) is 2.77.